The highest BCUT2D eigenvalue weighted by Crippen LogP contribution is 2.23. The molecule has 26 heavy (non-hydrogen) atoms. The number of hydrogen-bond donors (Lipinski definition) is 2. The number of likely N-dealkylation sites (N-methyl/N-ethyl adjacent to an activating group) is 1. The molecular formula is C18H34IN5OS. The average molecular weight is 495 g/mol. The molecule has 0 spiro atoms. The molecule has 0 amide bonds. The van der Waals surface area contributed by atoms with Gasteiger partial charge in [0.15, 0.2) is 5.96 Å². The van der Waals surface area contributed by atoms with Crippen LogP contribution in [0.5, 0.6) is 0 Å². The van der Waals surface area contributed by atoms with E-state index in [4.69, 9.17) is 9.73 Å². The number of nitrogens with one attached hydrogen (secondary N) is 2. The van der Waals surface area contributed by atoms with Gasteiger partial charge in [-0.25, -0.2) is 0 Å². The third-order valence-electron chi connectivity index (χ3n) is 4.31. The van der Waals surface area contributed by atoms with Crippen LogP contribution in [0.25, 0.3) is 0 Å². The second-order valence-corrected chi connectivity index (χ2v) is 7.43. The Bertz CT molecular complexity index is 492. The molecule has 1 aromatic heterocycles. The number of morpholine rings is 1. The molecule has 2 N–H and O–H groups in total. The molecule has 1 saturated heterocycles. The predicted molar refractivity (Wildman–Crippen MR) is 122 cm³/mol. The molecule has 0 aliphatic carbocycles. The molecule has 0 bridgehead atoms. The van der Waals surface area contributed by atoms with E-state index < -0.39 is 0 Å². The van der Waals surface area contributed by atoms with Crippen molar-refractivity contribution < 1.29 is 4.74 Å². The SMILES string of the molecule is CCNC(=NCC(c1cccs1)N(C)C)NCCCN1CCOCC1.I. The normalized spacial score (nSPS) is 17.0. The van der Waals surface area contributed by atoms with E-state index in [1.54, 1.807) is 11.3 Å². The summed E-state index contributed by atoms with van der Waals surface area (Å²) in [6.07, 6.45) is 1.12. The molecule has 1 aliphatic heterocycles. The minimum absolute atomic E-state index is 0. The molecule has 2 heterocycles. The zero-order valence-electron chi connectivity index (χ0n) is 16.2. The summed E-state index contributed by atoms with van der Waals surface area (Å²) >= 11 is 1.79. The summed E-state index contributed by atoms with van der Waals surface area (Å²) < 4.78 is 5.39. The monoisotopic (exact) mass is 495 g/mol. The lowest BCUT2D eigenvalue weighted by Crippen LogP contribution is -2.41. The Morgan fingerprint density at radius 3 is 2.73 bits per heavy atom. The Morgan fingerprint density at radius 2 is 2.12 bits per heavy atom. The second kappa shape index (κ2) is 13.7. The van der Waals surface area contributed by atoms with Crippen molar-refractivity contribution in [1.82, 2.24) is 20.4 Å². The van der Waals surface area contributed by atoms with Gasteiger partial charge in [0.1, 0.15) is 0 Å². The van der Waals surface area contributed by atoms with Crippen molar-refractivity contribution in [2.45, 2.75) is 19.4 Å². The van der Waals surface area contributed by atoms with Gasteiger partial charge < -0.3 is 20.3 Å². The molecule has 1 fully saturated rings. The van der Waals surface area contributed by atoms with Gasteiger partial charge in [-0.2, -0.15) is 0 Å². The molecular weight excluding hydrogens is 461 g/mol. The second-order valence-electron chi connectivity index (χ2n) is 6.45. The quantitative estimate of drug-likeness (QED) is 0.238. The molecule has 8 heteroatoms. The summed E-state index contributed by atoms with van der Waals surface area (Å²) in [5.74, 6) is 0.910. The lowest BCUT2D eigenvalue weighted by molar-refractivity contribution is 0.0376. The number of guanidine groups is 1. The van der Waals surface area contributed by atoms with E-state index in [-0.39, 0.29) is 24.0 Å². The number of rotatable bonds is 9. The predicted octanol–water partition coefficient (Wildman–Crippen LogP) is 2.25. The van der Waals surface area contributed by atoms with E-state index in [0.29, 0.717) is 6.04 Å². The Balaban J connectivity index is 0.00000338. The summed E-state index contributed by atoms with van der Waals surface area (Å²) in [6, 6.07) is 4.62. The van der Waals surface area contributed by atoms with Gasteiger partial charge >= 0.3 is 0 Å². The van der Waals surface area contributed by atoms with Gasteiger partial charge in [0, 0.05) is 31.1 Å². The highest BCUT2D eigenvalue weighted by Gasteiger charge is 2.15. The van der Waals surface area contributed by atoms with Crippen LogP contribution in [0.15, 0.2) is 22.5 Å². The third kappa shape index (κ3) is 8.51. The van der Waals surface area contributed by atoms with Crippen LogP contribution >= 0.6 is 35.3 Å². The van der Waals surface area contributed by atoms with Crippen LogP contribution in [0.4, 0.5) is 0 Å². The molecule has 150 valence electrons. The first kappa shape index (κ1) is 23.6. The van der Waals surface area contributed by atoms with Crippen LogP contribution in [0.3, 0.4) is 0 Å². The first-order chi connectivity index (χ1) is 12.2. The van der Waals surface area contributed by atoms with E-state index in [1.165, 1.54) is 4.88 Å². The van der Waals surface area contributed by atoms with E-state index >= 15 is 0 Å². The number of hydrogen-bond acceptors (Lipinski definition) is 5. The summed E-state index contributed by atoms with van der Waals surface area (Å²) in [5, 5.41) is 8.95. The van der Waals surface area contributed by atoms with Crippen molar-refractivity contribution in [2.75, 3.05) is 66.6 Å². The highest BCUT2D eigenvalue weighted by atomic mass is 127. The van der Waals surface area contributed by atoms with E-state index in [2.05, 4.69) is 59.0 Å². The Kier molecular flexibility index (Phi) is 12.4. The van der Waals surface area contributed by atoms with Gasteiger partial charge in [-0.15, -0.1) is 35.3 Å². The topological polar surface area (TPSA) is 52.1 Å². The molecule has 6 nitrogen and oxygen atoms in total. The maximum absolute atomic E-state index is 5.39. The van der Waals surface area contributed by atoms with Gasteiger partial charge in [0.2, 0.25) is 0 Å². The summed E-state index contributed by atoms with van der Waals surface area (Å²) in [4.78, 5) is 10.9. The van der Waals surface area contributed by atoms with Crippen molar-refractivity contribution in [3.63, 3.8) is 0 Å². The Hall–Kier alpha value is -0.420. The fourth-order valence-corrected chi connectivity index (χ4v) is 3.76. The number of thiophene rings is 1. The standard InChI is InChI=1S/C18H33N5OS.HI/c1-4-19-18(20-8-6-9-23-10-12-24-13-11-23)21-15-16(22(2)3)17-7-5-14-25-17;/h5,7,14,16H,4,6,8-13,15H2,1-3H3,(H2,19,20,21);1H. The Labute approximate surface area is 179 Å². The number of ether oxygens (including phenoxy) is 1. The van der Waals surface area contributed by atoms with Crippen molar-refractivity contribution in [3.05, 3.63) is 22.4 Å². The maximum atomic E-state index is 5.39. The number of halogens is 1. The molecule has 0 radical (unpaired) electrons. The zero-order valence-corrected chi connectivity index (χ0v) is 19.4. The summed E-state index contributed by atoms with van der Waals surface area (Å²) in [7, 11) is 4.23. The molecule has 1 aromatic rings. The van der Waals surface area contributed by atoms with E-state index in [9.17, 15) is 0 Å². The van der Waals surface area contributed by atoms with Gasteiger partial charge in [-0.1, -0.05) is 6.07 Å². The lowest BCUT2D eigenvalue weighted by atomic mass is 10.2. The van der Waals surface area contributed by atoms with Crippen molar-refractivity contribution in [2.24, 2.45) is 4.99 Å². The van der Waals surface area contributed by atoms with Gasteiger partial charge in [-0.05, 0) is 45.4 Å². The van der Waals surface area contributed by atoms with E-state index in [1.807, 2.05) is 0 Å². The third-order valence-corrected chi connectivity index (χ3v) is 5.28. The average Bonchev–Trinajstić information content (AvgIpc) is 3.13. The summed E-state index contributed by atoms with van der Waals surface area (Å²) in [6.45, 7) is 9.64. The van der Waals surface area contributed by atoms with Gasteiger partial charge in [0.25, 0.3) is 0 Å². The summed E-state index contributed by atoms with van der Waals surface area (Å²) in [5.41, 5.74) is 0. The smallest absolute Gasteiger partial charge is 0.191 e. The molecule has 0 saturated carbocycles. The van der Waals surface area contributed by atoms with Crippen molar-refractivity contribution in [3.8, 4) is 0 Å². The molecule has 1 atom stereocenters. The van der Waals surface area contributed by atoms with Crippen LogP contribution in [0, 0.1) is 0 Å². The molecule has 1 unspecified atom stereocenters. The zero-order chi connectivity index (χ0) is 17.9. The fourth-order valence-electron chi connectivity index (χ4n) is 2.84. The van der Waals surface area contributed by atoms with Crippen LogP contribution in [-0.4, -0.2) is 82.3 Å². The molecule has 1 aliphatic rings. The van der Waals surface area contributed by atoms with Crippen LogP contribution in [0.1, 0.15) is 24.3 Å². The largest absolute Gasteiger partial charge is 0.379 e. The minimum Gasteiger partial charge on any atom is -0.379 e. The molecule has 2 rings (SSSR count). The van der Waals surface area contributed by atoms with Gasteiger partial charge in [-0.3, -0.25) is 9.89 Å². The van der Waals surface area contributed by atoms with Crippen LogP contribution < -0.4 is 10.6 Å². The first-order valence-corrected chi connectivity index (χ1v) is 10.1. The number of nitrogens with zero attached hydrogens (tertiary/aromatic N) is 3. The first-order valence-electron chi connectivity index (χ1n) is 9.22. The van der Waals surface area contributed by atoms with Crippen LogP contribution in [-0.2, 0) is 4.74 Å². The maximum Gasteiger partial charge on any atom is 0.191 e. The lowest BCUT2D eigenvalue weighted by Gasteiger charge is -2.26. The van der Waals surface area contributed by atoms with Crippen LogP contribution in [0.2, 0.25) is 0 Å². The highest BCUT2D eigenvalue weighted by molar-refractivity contribution is 14.0. The molecule has 0 aromatic carbocycles. The Morgan fingerprint density at radius 1 is 1.35 bits per heavy atom. The van der Waals surface area contributed by atoms with E-state index in [0.717, 1.165) is 64.9 Å². The van der Waals surface area contributed by atoms with Crippen molar-refractivity contribution in [1.29, 1.82) is 0 Å². The fraction of sp³-hybridized carbons (Fsp3) is 0.722. The minimum atomic E-state index is 0. The van der Waals surface area contributed by atoms with Gasteiger partial charge in [0.05, 0.1) is 25.8 Å². The van der Waals surface area contributed by atoms with Crippen molar-refractivity contribution >= 4 is 41.3 Å². The number of aliphatic imine (C=N–C) groups is 1.